The van der Waals surface area contributed by atoms with Crippen molar-refractivity contribution in [1.82, 2.24) is 14.9 Å². The van der Waals surface area contributed by atoms with Gasteiger partial charge in [0.15, 0.2) is 11.4 Å². The maximum absolute atomic E-state index is 14.0. The van der Waals surface area contributed by atoms with E-state index in [2.05, 4.69) is 5.32 Å². The number of carbonyl (C=O) groups is 2. The first-order valence-electron chi connectivity index (χ1n) is 11.6. The molecule has 2 bridgehead atoms. The van der Waals surface area contributed by atoms with Crippen molar-refractivity contribution >= 4 is 11.8 Å². The minimum Gasteiger partial charge on any atom is -0.487 e. The fourth-order valence-corrected chi connectivity index (χ4v) is 4.15. The predicted molar refractivity (Wildman–Crippen MR) is 121 cm³/mol. The molecule has 0 unspecified atom stereocenters. The zero-order valence-electron chi connectivity index (χ0n) is 19.1. The smallest absolute Gasteiger partial charge is 0.277 e. The van der Waals surface area contributed by atoms with Crippen molar-refractivity contribution < 1.29 is 23.1 Å². The summed E-state index contributed by atoms with van der Waals surface area (Å²) < 4.78 is 34.5. The van der Waals surface area contributed by atoms with Gasteiger partial charge in [0.25, 0.3) is 11.8 Å². The molecular formula is C24H28F2N4O4. The Kier molecular flexibility index (Phi) is 7.14. The Hall–Kier alpha value is -3.43. The van der Waals surface area contributed by atoms with E-state index in [1.807, 2.05) is 11.9 Å². The molecule has 1 aromatic carbocycles. The average molecular weight is 475 g/mol. The van der Waals surface area contributed by atoms with Gasteiger partial charge < -0.3 is 15.0 Å². The molecule has 2 aliphatic heterocycles. The number of benzene rings is 1. The summed E-state index contributed by atoms with van der Waals surface area (Å²) in [4.78, 5) is 41.2. The van der Waals surface area contributed by atoms with Crippen molar-refractivity contribution in [3.8, 4) is 5.75 Å². The first kappa shape index (κ1) is 23.7. The molecule has 10 heteroatoms. The highest BCUT2D eigenvalue weighted by Gasteiger charge is 2.35. The predicted octanol–water partition coefficient (Wildman–Crippen LogP) is 2.77. The number of hydrogen-bond acceptors (Lipinski definition) is 5. The van der Waals surface area contributed by atoms with Gasteiger partial charge in [0.05, 0.1) is 6.61 Å². The minimum atomic E-state index is -0.794. The van der Waals surface area contributed by atoms with E-state index in [1.54, 1.807) is 9.58 Å². The summed E-state index contributed by atoms with van der Waals surface area (Å²) in [5, 5.41) is 4.44. The van der Waals surface area contributed by atoms with Crippen molar-refractivity contribution in [2.24, 2.45) is 0 Å². The average Bonchev–Trinajstić information content (AvgIpc) is 2.79. The Bertz CT molecular complexity index is 1150. The van der Waals surface area contributed by atoms with E-state index >= 15 is 0 Å². The molecule has 34 heavy (non-hydrogen) atoms. The van der Waals surface area contributed by atoms with Gasteiger partial charge in [0.2, 0.25) is 5.43 Å². The lowest BCUT2D eigenvalue weighted by molar-refractivity contribution is 0.0669. The van der Waals surface area contributed by atoms with Gasteiger partial charge in [-0.25, -0.2) is 8.78 Å². The number of rotatable bonds is 7. The summed E-state index contributed by atoms with van der Waals surface area (Å²) in [6.45, 7) is 3.57. The van der Waals surface area contributed by atoms with E-state index in [-0.39, 0.29) is 41.6 Å². The van der Waals surface area contributed by atoms with Crippen LogP contribution in [0.5, 0.6) is 5.75 Å². The summed E-state index contributed by atoms with van der Waals surface area (Å²) in [6, 6.07) is 3.06. The fourth-order valence-electron chi connectivity index (χ4n) is 4.15. The van der Waals surface area contributed by atoms with Crippen LogP contribution in [0, 0.1) is 11.6 Å². The molecule has 182 valence electrons. The third-order valence-corrected chi connectivity index (χ3v) is 6.06. The maximum atomic E-state index is 14.0. The number of amides is 2. The normalized spacial score (nSPS) is 15.4. The van der Waals surface area contributed by atoms with Crippen LogP contribution >= 0.6 is 0 Å². The molecule has 2 aliphatic rings. The van der Waals surface area contributed by atoms with Crippen molar-refractivity contribution in [2.75, 3.05) is 31.4 Å². The van der Waals surface area contributed by atoms with E-state index in [4.69, 9.17) is 4.74 Å². The molecule has 1 saturated heterocycles. The Balaban J connectivity index is 1.71. The zero-order valence-corrected chi connectivity index (χ0v) is 19.1. The summed E-state index contributed by atoms with van der Waals surface area (Å²) in [7, 11) is 0. The van der Waals surface area contributed by atoms with E-state index < -0.39 is 23.0 Å². The molecule has 4 rings (SSSR count). The highest BCUT2D eigenvalue weighted by molar-refractivity contribution is 5.99. The van der Waals surface area contributed by atoms with Crippen LogP contribution in [-0.2, 0) is 6.54 Å². The van der Waals surface area contributed by atoms with Crippen LogP contribution in [0.15, 0.2) is 29.2 Å². The van der Waals surface area contributed by atoms with Crippen molar-refractivity contribution in [1.29, 1.82) is 0 Å². The van der Waals surface area contributed by atoms with Crippen LogP contribution in [-0.4, -0.2) is 47.8 Å². The number of nitrogens with one attached hydrogen (secondary N) is 1. The lowest BCUT2D eigenvalue weighted by Gasteiger charge is -2.41. The van der Waals surface area contributed by atoms with Gasteiger partial charge in [0, 0.05) is 37.5 Å². The zero-order chi connectivity index (χ0) is 24.2. The molecule has 8 nitrogen and oxygen atoms in total. The molecule has 0 spiro atoms. The maximum Gasteiger partial charge on any atom is 0.277 e. The fraction of sp³-hybridized carbons (Fsp3) is 0.458. The Morgan fingerprint density at radius 1 is 1.15 bits per heavy atom. The van der Waals surface area contributed by atoms with Crippen LogP contribution in [0.4, 0.5) is 8.78 Å². The molecule has 1 N–H and O–H groups in total. The molecule has 1 aromatic heterocycles. The number of fused-ring (bicyclic) bond motifs is 4. The van der Waals surface area contributed by atoms with E-state index in [0.717, 1.165) is 37.8 Å². The number of ether oxygens (including phenoxy) is 1. The molecule has 0 saturated carbocycles. The Morgan fingerprint density at radius 3 is 2.71 bits per heavy atom. The second kappa shape index (κ2) is 10.2. The number of hydrogen-bond donors (Lipinski definition) is 1. The van der Waals surface area contributed by atoms with Gasteiger partial charge in [0.1, 0.15) is 23.9 Å². The summed E-state index contributed by atoms with van der Waals surface area (Å²) in [5.74, 6) is -2.69. The lowest BCUT2D eigenvalue weighted by Crippen LogP contribution is -2.56. The van der Waals surface area contributed by atoms with Gasteiger partial charge in [-0.3, -0.25) is 24.1 Å². The van der Waals surface area contributed by atoms with Gasteiger partial charge >= 0.3 is 0 Å². The van der Waals surface area contributed by atoms with Crippen LogP contribution in [0.2, 0.25) is 0 Å². The molecule has 0 radical (unpaired) electrons. The molecule has 2 amide bonds. The molecule has 0 atom stereocenters. The third kappa shape index (κ3) is 4.76. The Morgan fingerprint density at radius 2 is 1.94 bits per heavy atom. The second-order valence-electron chi connectivity index (χ2n) is 8.52. The summed E-state index contributed by atoms with van der Waals surface area (Å²) in [5.41, 5.74) is -0.690. The summed E-state index contributed by atoms with van der Waals surface area (Å²) >= 11 is 0. The van der Waals surface area contributed by atoms with E-state index in [9.17, 15) is 23.2 Å². The highest BCUT2D eigenvalue weighted by Crippen LogP contribution is 2.24. The number of aromatic nitrogens is 1. The first-order valence-corrected chi connectivity index (χ1v) is 11.6. The number of pyridine rings is 1. The van der Waals surface area contributed by atoms with Crippen LogP contribution < -0.4 is 20.5 Å². The monoisotopic (exact) mass is 474 g/mol. The van der Waals surface area contributed by atoms with Crippen molar-refractivity contribution in [3.63, 3.8) is 0 Å². The lowest BCUT2D eigenvalue weighted by atomic mass is 10.1. The number of unbranched alkanes of at least 4 members (excludes halogenated alkanes) is 1. The van der Waals surface area contributed by atoms with E-state index in [0.29, 0.717) is 26.2 Å². The molecule has 3 heterocycles. The van der Waals surface area contributed by atoms with Crippen LogP contribution in [0.3, 0.4) is 0 Å². The quantitative estimate of drug-likeness (QED) is 0.624. The Labute approximate surface area is 196 Å². The van der Waals surface area contributed by atoms with Gasteiger partial charge in [-0.2, -0.15) is 0 Å². The molecule has 1 fully saturated rings. The van der Waals surface area contributed by atoms with Crippen LogP contribution in [0.25, 0.3) is 0 Å². The first-order chi connectivity index (χ1) is 16.4. The van der Waals surface area contributed by atoms with Crippen LogP contribution in [0.1, 0.15) is 65.4 Å². The third-order valence-electron chi connectivity index (χ3n) is 6.06. The standard InChI is InChI=1S/C24H28F2N4O4/c1-2-3-11-34-22-20-24(33)28-9-5-4-6-10-29(15-28)30(20)14-18(21(22)31)23(32)27-13-16-7-8-17(25)12-19(16)26/h7-8,12,14H,2-6,9-11,13,15H2,1H3,(H,27,32). The van der Waals surface area contributed by atoms with E-state index in [1.165, 1.54) is 12.3 Å². The number of carbonyl (C=O) groups excluding carboxylic acids is 2. The van der Waals surface area contributed by atoms with Gasteiger partial charge in [-0.15, -0.1) is 0 Å². The van der Waals surface area contributed by atoms with Crippen molar-refractivity contribution in [2.45, 2.75) is 45.6 Å². The summed E-state index contributed by atoms with van der Waals surface area (Å²) in [6.07, 6.45) is 5.63. The molecular weight excluding hydrogens is 446 g/mol. The largest absolute Gasteiger partial charge is 0.487 e. The van der Waals surface area contributed by atoms with Gasteiger partial charge in [-0.1, -0.05) is 19.4 Å². The highest BCUT2D eigenvalue weighted by atomic mass is 19.1. The number of halogens is 2. The second-order valence-corrected chi connectivity index (χ2v) is 8.52. The minimum absolute atomic E-state index is 0.0850. The number of nitrogens with zero attached hydrogens (tertiary/aromatic N) is 3. The van der Waals surface area contributed by atoms with Gasteiger partial charge in [-0.05, 0) is 31.7 Å². The SMILES string of the molecule is CCCCOc1c2n(cc(C(=O)NCc3ccc(F)cc3F)c1=O)N1CCCCCN(C1)C2=O. The van der Waals surface area contributed by atoms with Crippen molar-refractivity contribution in [3.05, 3.63) is 63.1 Å². The molecule has 0 aliphatic carbocycles. The topological polar surface area (TPSA) is 83.9 Å². The molecule has 2 aromatic rings.